The van der Waals surface area contributed by atoms with Crippen LogP contribution in [-0.2, 0) is 6.18 Å². The smallest absolute Gasteiger partial charge is 0.349 e. The number of amides is 1. The fraction of sp³-hybridized carbons (Fsp3) is 0.455. The van der Waals surface area contributed by atoms with Crippen molar-refractivity contribution in [3.63, 3.8) is 0 Å². The predicted octanol–water partition coefficient (Wildman–Crippen LogP) is 1.92. The summed E-state index contributed by atoms with van der Waals surface area (Å²) < 4.78 is 36.9. The topological polar surface area (TPSA) is 62.0 Å². The Hall–Kier alpha value is -1.79. The first-order valence-corrected chi connectivity index (χ1v) is 5.37. The van der Waals surface area contributed by atoms with E-state index in [4.69, 9.17) is 0 Å². The maximum Gasteiger partial charge on any atom is 0.431 e. The zero-order chi connectivity index (χ0) is 13.9. The number of rotatable bonds is 3. The quantitative estimate of drug-likeness (QED) is 0.874. The molecule has 0 radical (unpaired) electrons. The highest BCUT2D eigenvalue weighted by Crippen LogP contribution is 2.26. The normalized spacial score (nSPS) is 13.2. The monoisotopic (exact) mass is 262 g/mol. The highest BCUT2D eigenvalue weighted by Gasteiger charge is 2.32. The van der Waals surface area contributed by atoms with Crippen molar-refractivity contribution in [2.24, 2.45) is 0 Å². The molecular formula is C11H13F3N2O2. The van der Waals surface area contributed by atoms with Crippen LogP contribution in [-0.4, -0.2) is 16.9 Å². The van der Waals surface area contributed by atoms with Crippen molar-refractivity contribution < 1.29 is 18.0 Å². The second-order valence-corrected chi connectivity index (χ2v) is 3.90. The Kier molecular flexibility index (Phi) is 4.15. The number of carbonyl (C=O) groups excluding carboxylic acids is 1. The summed E-state index contributed by atoms with van der Waals surface area (Å²) in [6.45, 7) is 3.57. The highest BCUT2D eigenvalue weighted by atomic mass is 19.4. The molecule has 1 rings (SSSR count). The number of aromatic nitrogens is 1. The van der Waals surface area contributed by atoms with Crippen LogP contribution in [0.5, 0.6) is 0 Å². The fourth-order valence-electron chi connectivity index (χ4n) is 1.22. The second kappa shape index (κ2) is 5.24. The van der Waals surface area contributed by atoms with Crippen molar-refractivity contribution >= 4 is 5.91 Å². The summed E-state index contributed by atoms with van der Waals surface area (Å²) in [4.78, 5) is 24.6. The molecule has 0 saturated carbocycles. The van der Waals surface area contributed by atoms with Gasteiger partial charge in [-0.15, -0.1) is 0 Å². The van der Waals surface area contributed by atoms with Crippen LogP contribution >= 0.6 is 0 Å². The van der Waals surface area contributed by atoms with Crippen molar-refractivity contribution in [3.05, 3.63) is 33.7 Å². The maximum absolute atomic E-state index is 12.3. The average molecular weight is 262 g/mol. The van der Waals surface area contributed by atoms with Crippen LogP contribution in [0.25, 0.3) is 0 Å². The number of hydrogen-bond donors (Lipinski definition) is 2. The van der Waals surface area contributed by atoms with E-state index in [1.165, 1.54) is 0 Å². The molecule has 1 aromatic heterocycles. The van der Waals surface area contributed by atoms with E-state index in [-0.39, 0.29) is 11.6 Å². The van der Waals surface area contributed by atoms with Crippen molar-refractivity contribution in [2.75, 3.05) is 0 Å². The van der Waals surface area contributed by atoms with E-state index in [2.05, 4.69) is 5.32 Å². The Labute approximate surface area is 101 Å². The first-order chi connectivity index (χ1) is 8.25. The number of halogens is 3. The summed E-state index contributed by atoms with van der Waals surface area (Å²) in [7, 11) is 0. The Morgan fingerprint density at radius 3 is 2.50 bits per heavy atom. The third-order valence-electron chi connectivity index (χ3n) is 2.45. The molecule has 0 aliphatic rings. The Balaban J connectivity index is 3.00. The molecule has 1 amide bonds. The van der Waals surface area contributed by atoms with Gasteiger partial charge in [-0.05, 0) is 25.5 Å². The minimum absolute atomic E-state index is 0.154. The maximum atomic E-state index is 12.3. The number of H-pyrrole nitrogens is 1. The molecule has 100 valence electrons. The van der Waals surface area contributed by atoms with Gasteiger partial charge in [0.2, 0.25) is 0 Å². The van der Waals surface area contributed by atoms with Crippen molar-refractivity contribution in [1.82, 2.24) is 10.3 Å². The SMILES string of the molecule is CCC(C)NC(=O)c1ccc(C(F)(F)F)[nH]c1=O. The van der Waals surface area contributed by atoms with E-state index in [1.54, 1.807) is 11.9 Å². The lowest BCUT2D eigenvalue weighted by Gasteiger charge is -2.11. The molecule has 0 aromatic carbocycles. The first kappa shape index (κ1) is 14.3. The largest absolute Gasteiger partial charge is 0.431 e. The minimum atomic E-state index is -4.63. The van der Waals surface area contributed by atoms with Gasteiger partial charge in [-0.25, -0.2) is 0 Å². The molecule has 1 heterocycles. The third kappa shape index (κ3) is 3.35. The molecule has 1 atom stereocenters. The van der Waals surface area contributed by atoms with Gasteiger partial charge in [0.05, 0.1) is 0 Å². The number of pyridine rings is 1. The lowest BCUT2D eigenvalue weighted by molar-refractivity contribution is -0.141. The van der Waals surface area contributed by atoms with E-state index in [0.717, 1.165) is 6.07 Å². The number of hydrogen-bond acceptors (Lipinski definition) is 2. The summed E-state index contributed by atoms with van der Waals surface area (Å²) in [6, 6.07) is 1.39. The van der Waals surface area contributed by atoms with Gasteiger partial charge in [0, 0.05) is 6.04 Å². The molecule has 0 aliphatic heterocycles. The standard InChI is InChI=1S/C11H13F3N2O2/c1-3-6(2)15-9(17)7-4-5-8(11(12,13)14)16-10(7)18/h4-6H,3H2,1-2H3,(H,15,17)(H,16,18). The van der Waals surface area contributed by atoms with Crippen molar-refractivity contribution in [2.45, 2.75) is 32.5 Å². The second-order valence-electron chi connectivity index (χ2n) is 3.90. The van der Waals surface area contributed by atoms with Gasteiger partial charge in [0.15, 0.2) is 0 Å². The molecule has 0 fully saturated rings. The summed E-state index contributed by atoms with van der Waals surface area (Å²) in [5.41, 5.74) is -2.55. The van der Waals surface area contributed by atoms with Gasteiger partial charge in [0.1, 0.15) is 11.3 Å². The number of aromatic amines is 1. The zero-order valence-corrected chi connectivity index (χ0v) is 9.89. The molecule has 1 aromatic rings. The Bertz CT molecular complexity index is 494. The van der Waals surface area contributed by atoms with Crippen LogP contribution in [0.15, 0.2) is 16.9 Å². The molecule has 18 heavy (non-hydrogen) atoms. The van der Waals surface area contributed by atoms with E-state index in [0.29, 0.717) is 12.5 Å². The lowest BCUT2D eigenvalue weighted by Crippen LogP contribution is -2.36. The molecule has 0 saturated heterocycles. The number of carbonyl (C=O) groups is 1. The van der Waals surface area contributed by atoms with Crippen LogP contribution in [0.4, 0.5) is 13.2 Å². The van der Waals surface area contributed by atoms with Crippen LogP contribution < -0.4 is 10.9 Å². The molecule has 0 spiro atoms. The molecule has 7 heteroatoms. The molecule has 0 bridgehead atoms. The van der Waals surface area contributed by atoms with Gasteiger partial charge >= 0.3 is 6.18 Å². The minimum Gasteiger partial charge on any atom is -0.349 e. The lowest BCUT2D eigenvalue weighted by atomic mass is 10.2. The molecular weight excluding hydrogens is 249 g/mol. The van der Waals surface area contributed by atoms with E-state index in [9.17, 15) is 22.8 Å². The van der Waals surface area contributed by atoms with Gasteiger partial charge in [-0.1, -0.05) is 6.92 Å². The molecule has 1 unspecified atom stereocenters. The molecule has 0 aliphatic carbocycles. The van der Waals surface area contributed by atoms with Gasteiger partial charge in [0.25, 0.3) is 11.5 Å². The summed E-state index contributed by atoms with van der Waals surface area (Å²) in [5.74, 6) is -0.681. The van der Waals surface area contributed by atoms with Crippen molar-refractivity contribution in [1.29, 1.82) is 0 Å². The van der Waals surface area contributed by atoms with Crippen LogP contribution in [0.2, 0.25) is 0 Å². The van der Waals surface area contributed by atoms with E-state index < -0.39 is 23.3 Å². The Morgan fingerprint density at radius 1 is 1.44 bits per heavy atom. The third-order valence-corrected chi connectivity index (χ3v) is 2.45. The summed E-state index contributed by atoms with van der Waals surface area (Å²) >= 11 is 0. The van der Waals surface area contributed by atoms with Crippen molar-refractivity contribution in [3.8, 4) is 0 Å². The van der Waals surface area contributed by atoms with Crippen LogP contribution in [0.3, 0.4) is 0 Å². The number of alkyl halides is 3. The van der Waals surface area contributed by atoms with Gasteiger partial charge in [-0.2, -0.15) is 13.2 Å². The summed E-state index contributed by atoms with van der Waals surface area (Å²) in [6.07, 6.45) is -3.98. The molecule has 2 N–H and O–H groups in total. The van der Waals surface area contributed by atoms with Crippen LogP contribution in [0.1, 0.15) is 36.3 Å². The Morgan fingerprint density at radius 2 is 2.06 bits per heavy atom. The fourth-order valence-corrected chi connectivity index (χ4v) is 1.22. The predicted molar refractivity (Wildman–Crippen MR) is 59.3 cm³/mol. The van der Waals surface area contributed by atoms with Crippen LogP contribution in [0, 0.1) is 0 Å². The first-order valence-electron chi connectivity index (χ1n) is 5.37. The summed E-state index contributed by atoms with van der Waals surface area (Å²) in [5, 5.41) is 2.50. The van der Waals surface area contributed by atoms with Gasteiger partial charge in [-0.3, -0.25) is 9.59 Å². The van der Waals surface area contributed by atoms with E-state index in [1.807, 2.05) is 6.92 Å². The van der Waals surface area contributed by atoms with Gasteiger partial charge < -0.3 is 10.3 Å². The highest BCUT2D eigenvalue weighted by molar-refractivity contribution is 5.93. The number of nitrogens with one attached hydrogen (secondary N) is 2. The van der Waals surface area contributed by atoms with E-state index >= 15 is 0 Å². The average Bonchev–Trinajstić information content (AvgIpc) is 2.27. The zero-order valence-electron chi connectivity index (χ0n) is 9.89. The molecule has 4 nitrogen and oxygen atoms in total.